The molecule has 6 nitrogen and oxygen atoms in total. The highest BCUT2D eigenvalue weighted by atomic mass is 16.5. The van der Waals surface area contributed by atoms with Gasteiger partial charge in [-0.3, -0.25) is 0 Å². The Kier molecular flexibility index (Phi) is 9.29. The van der Waals surface area contributed by atoms with Gasteiger partial charge in [-0.25, -0.2) is 9.59 Å². The van der Waals surface area contributed by atoms with Crippen LogP contribution in [0.4, 0.5) is 0 Å². The molecule has 0 aromatic heterocycles. The van der Waals surface area contributed by atoms with Crippen LogP contribution in [0.25, 0.3) is 11.1 Å². The molecule has 0 unspecified atom stereocenters. The number of phenols is 2. The van der Waals surface area contributed by atoms with Gasteiger partial charge in [-0.15, -0.1) is 0 Å². The number of carbonyl (C=O) groups is 2. The molecule has 6 rings (SSSR count). The first-order chi connectivity index (χ1) is 23.9. The van der Waals surface area contributed by atoms with Gasteiger partial charge in [-0.1, -0.05) is 100 Å². The van der Waals surface area contributed by atoms with Gasteiger partial charge in [0.2, 0.25) is 0 Å². The number of hydrogen-bond acceptors (Lipinski definition) is 6. The Labute approximate surface area is 292 Å². The summed E-state index contributed by atoms with van der Waals surface area (Å²) in [7, 11) is 0. The van der Waals surface area contributed by atoms with Crippen molar-refractivity contribution in [1.82, 2.24) is 0 Å². The molecule has 0 aliphatic heterocycles. The molecule has 0 amide bonds. The second kappa shape index (κ2) is 13.8. The molecule has 0 fully saturated rings. The van der Waals surface area contributed by atoms with Crippen LogP contribution in [0.2, 0.25) is 0 Å². The van der Waals surface area contributed by atoms with Crippen LogP contribution in [-0.4, -0.2) is 22.2 Å². The zero-order valence-corrected chi connectivity index (χ0v) is 28.4. The second-order valence-corrected chi connectivity index (χ2v) is 13.3. The largest absolute Gasteiger partial charge is 0.508 e. The fraction of sp³-hybridized carbons (Fsp3) is 0.136. The maximum atomic E-state index is 12.9. The first-order valence-corrected chi connectivity index (χ1v) is 16.4. The number of ether oxygens (including phenoxy) is 2. The van der Waals surface area contributed by atoms with Gasteiger partial charge >= 0.3 is 11.9 Å². The summed E-state index contributed by atoms with van der Waals surface area (Å²) in [6.07, 6.45) is 0. The van der Waals surface area contributed by atoms with Crippen molar-refractivity contribution in [2.24, 2.45) is 0 Å². The molecule has 6 aromatic carbocycles. The van der Waals surface area contributed by atoms with E-state index in [4.69, 9.17) is 9.47 Å². The van der Waals surface area contributed by atoms with E-state index in [-0.39, 0.29) is 22.3 Å². The van der Waals surface area contributed by atoms with Gasteiger partial charge in [-0.05, 0) is 106 Å². The summed E-state index contributed by atoms with van der Waals surface area (Å²) in [6, 6.07) is 43.4. The molecule has 0 saturated carbocycles. The minimum atomic E-state index is -0.461. The van der Waals surface area contributed by atoms with Crippen molar-refractivity contribution in [2.75, 3.05) is 0 Å². The van der Waals surface area contributed by atoms with Crippen molar-refractivity contribution < 1.29 is 29.3 Å². The monoisotopic (exact) mass is 662 g/mol. The minimum Gasteiger partial charge on any atom is -0.508 e. The standard InChI is InChI=1S/C44H38O6/c1-43(2,33-13-21-37(45)22-14-33)35-17-25-39(26-18-35)49-41(47)31-9-5-29(6-10-31)30-7-11-32(12-8-30)42(48)50-40-27-19-36(20-28-40)44(3,4)34-15-23-38(46)24-16-34/h5-28,45-46H,1-4H3. The molecule has 6 aromatic rings. The van der Waals surface area contributed by atoms with Crippen molar-refractivity contribution in [3.63, 3.8) is 0 Å². The summed E-state index contributed by atoms with van der Waals surface area (Å²) < 4.78 is 11.3. The SMILES string of the molecule is CC(C)(c1ccc(O)cc1)c1ccc(OC(=O)c2ccc(-c3ccc(C(=O)Oc4ccc(C(C)(C)c5ccc(O)cc5)cc4)cc3)cc2)cc1. The van der Waals surface area contributed by atoms with Crippen LogP contribution < -0.4 is 9.47 Å². The topological polar surface area (TPSA) is 93.1 Å². The Hall–Kier alpha value is -6.14. The summed E-state index contributed by atoms with van der Waals surface area (Å²) in [5, 5.41) is 19.3. The molecule has 0 aliphatic rings. The number of rotatable bonds is 9. The molecule has 0 bridgehead atoms. The van der Waals surface area contributed by atoms with Gasteiger partial charge in [0.15, 0.2) is 0 Å². The van der Waals surface area contributed by atoms with Crippen LogP contribution in [0.1, 0.15) is 70.7 Å². The van der Waals surface area contributed by atoms with Crippen LogP contribution in [-0.2, 0) is 10.8 Å². The average Bonchev–Trinajstić information content (AvgIpc) is 3.12. The first kappa shape index (κ1) is 33.7. The Balaban J connectivity index is 1.05. The van der Waals surface area contributed by atoms with Crippen LogP contribution in [0.5, 0.6) is 23.0 Å². The first-order valence-electron chi connectivity index (χ1n) is 16.4. The predicted octanol–water partition coefficient (Wildman–Crippen LogP) is 9.85. The number of esters is 2. The molecule has 0 heterocycles. The molecule has 0 atom stereocenters. The van der Waals surface area contributed by atoms with Crippen molar-refractivity contribution in [1.29, 1.82) is 0 Å². The summed E-state index contributed by atoms with van der Waals surface area (Å²) in [4.78, 5) is 25.8. The van der Waals surface area contributed by atoms with E-state index >= 15 is 0 Å². The lowest BCUT2D eigenvalue weighted by Crippen LogP contribution is -2.18. The lowest BCUT2D eigenvalue weighted by atomic mass is 9.78. The number of hydrogen-bond donors (Lipinski definition) is 2. The van der Waals surface area contributed by atoms with Crippen molar-refractivity contribution >= 4 is 11.9 Å². The van der Waals surface area contributed by atoms with Gasteiger partial charge in [0, 0.05) is 10.8 Å². The Bertz CT molecular complexity index is 1940. The molecular weight excluding hydrogens is 624 g/mol. The molecule has 0 saturated heterocycles. The highest BCUT2D eigenvalue weighted by Crippen LogP contribution is 2.35. The zero-order chi connectivity index (χ0) is 35.5. The number of aromatic hydroxyl groups is 2. The molecule has 50 heavy (non-hydrogen) atoms. The van der Waals surface area contributed by atoms with Crippen LogP contribution in [0.15, 0.2) is 146 Å². The average molecular weight is 663 g/mol. The molecule has 0 aliphatic carbocycles. The van der Waals surface area contributed by atoms with Crippen LogP contribution >= 0.6 is 0 Å². The highest BCUT2D eigenvalue weighted by molar-refractivity contribution is 5.93. The third kappa shape index (κ3) is 7.30. The van der Waals surface area contributed by atoms with E-state index in [2.05, 4.69) is 27.7 Å². The van der Waals surface area contributed by atoms with Gasteiger partial charge in [0.1, 0.15) is 23.0 Å². The summed E-state index contributed by atoms with van der Waals surface area (Å²) in [5.74, 6) is 0.417. The van der Waals surface area contributed by atoms with E-state index in [1.54, 1.807) is 72.8 Å². The third-order valence-corrected chi connectivity index (χ3v) is 9.33. The normalized spacial score (nSPS) is 11.5. The van der Waals surface area contributed by atoms with Gasteiger partial charge < -0.3 is 19.7 Å². The second-order valence-electron chi connectivity index (χ2n) is 13.3. The van der Waals surface area contributed by atoms with E-state index in [9.17, 15) is 19.8 Å². The molecule has 0 radical (unpaired) electrons. The van der Waals surface area contributed by atoms with Gasteiger partial charge in [-0.2, -0.15) is 0 Å². The van der Waals surface area contributed by atoms with Crippen LogP contribution in [0, 0.1) is 0 Å². The predicted molar refractivity (Wildman–Crippen MR) is 195 cm³/mol. The lowest BCUT2D eigenvalue weighted by molar-refractivity contribution is 0.0725. The number of benzene rings is 6. The Morgan fingerprint density at radius 3 is 0.940 bits per heavy atom. The third-order valence-electron chi connectivity index (χ3n) is 9.33. The Morgan fingerprint density at radius 2 is 0.660 bits per heavy atom. The smallest absolute Gasteiger partial charge is 0.343 e. The molecule has 2 N–H and O–H groups in total. The highest BCUT2D eigenvalue weighted by Gasteiger charge is 2.24. The maximum Gasteiger partial charge on any atom is 0.343 e. The molecule has 250 valence electrons. The molecule has 6 heteroatoms. The van der Waals surface area contributed by atoms with Gasteiger partial charge in [0.25, 0.3) is 0 Å². The molecule has 0 spiro atoms. The van der Waals surface area contributed by atoms with E-state index in [1.165, 1.54) is 0 Å². The van der Waals surface area contributed by atoms with E-state index in [0.29, 0.717) is 22.6 Å². The van der Waals surface area contributed by atoms with E-state index in [1.807, 2.05) is 72.8 Å². The van der Waals surface area contributed by atoms with Crippen LogP contribution in [0.3, 0.4) is 0 Å². The maximum absolute atomic E-state index is 12.9. The van der Waals surface area contributed by atoms with Crippen molar-refractivity contribution in [3.05, 3.63) is 179 Å². The van der Waals surface area contributed by atoms with E-state index in [0.717, 1.165) is 33.4 Å². The minimum absolute atomic E-state index is 0.225. The summed E-state index contributed by atoms with van der Waals surface area (Å²) in [6.45, 7) is 8.40. The summed E-state index contributed by atoms with van der Waals surface area (Å²) >= 11 is 0. The summed E-state index contributed by atoms with van der Waals surface area (Å²) in [5.41, 5.74) is 6.22. The fourth-order valence-electron chi connectivity index (χ4n) is 5.90. The quantitative estimate of drug-likeness (QED) is 0.118. The fourth-order valence-corrected chi connectivity index (χ4v) is 5.90. The molecular formula is C44H38O6. The Morgan fingerprint density at radius 1 is 0.400 bits per heavy atom. The number of phenolic OH excluding ortho intramolecular Hbond substituents is 2. The van der Waals surface area contributed by atoms with E-state index < -0.39 is 11.9 Å². The van der Waals surface area contributed by atoms with Crippen molar-refractivity contribution in [3.8, 4) is 34.1 Å². The van der Waals surface area contributed by atoms with Crippen molar-refractivity contribution in [2.45, 2.75) is 38.5 Å². The number of carbonyl (C=O) groups excluding carboxylic acids is 2. The lowest BCUT2D eigenvalue weighted by Gasteiger charge is -2.26. The zero-order valence-electron chi connectivity index (χ0n) is 28.4. The van der Waals surface area contributed by atoms with Gasteiger partial charge in [0.05, 0.1) is 11.1 Å².